The van der Waals surface area contributed by atoms with Gasteiger partial charge in [0.2, 0.25) is 0 Å². The second-order valence-corrected chi connectivity index (χ2v) is 3.93. The minimum Gasteiger partial charge on any atom is -0.394 e. The van der Waals surface area contributed by atoms with Crippen molar-refractivity contribution in [2.75, 3.05) is 6.61 Å². The van der Waals surface area contributed by atoms with Gasteiger partial charge >= 0.3 is 0 Å². The number of aliphatic hydroxyl groups excluding tert-OH is 3. The van der Waals surface area contributed by atoms with Crippen molar-refractivity contribution in [1.82, 2.24) is 0 Å². The molecule has 3 unspecified atom stereocenters. The molecule has 1 rings (SSSR count). The van der Waals surface area contributed by atoms with Crippen molar-refractivity contribution in [2.24, 2.45) is 5.92 Å². The summed E-state index contributed by atoms with van der Waals surface area (Å²) in [6, 6.07) is 0. The molecule has 1 aliphatic heterocycles. The Bertz CT molecular complexity index is 160. The number of ether oxygens (including phenoxy) is 1. The second-order valence-electron chi connectivity index (χ2n) is 3.93. The van der Waals surface area contributed by atoms with Crippen LogP contribution in [0.3, 0.4) is 0 Å². The predicted molar refractivity (Wildman–Crippen MR) is 47.2 cm³/mol. The van der Waals surface area contributed by atoms with Crippen LogP contribution in [0.4, 0.5) is 0 Å². The standard InChI is InChI=1S/C9H18O4/c1-5(2)7-3-6(11)9(12)8(4-10)13-7/h5-12H,3-4H2,1-2H3/t6?,7?,8?,9-/m0/s1. The zero-order valence-electron chi connectivity index (χ0n) is 8.05. The monoisotopic (exact) mass is 190 g/mol. The Labute approximate surface area is 78.1 Å². The van der Waals surface area contributed by atoms with Crippen LogP contribution in [0.15, 0.2) is 0 Å². The van der Waals surface area contributed by atoms with E-state index in [1.54, 1.807) is 0 Å². The van der Waals surface area contributed by atoms with E-state index in [9.17, 15) is 10.2 Å². The maximum atomic E-state index is 9.46. The molecule has 1 heterocycles. The van der Waals surface area contributed by atoms with E-state index in [0.29, 0.717) is 6.42 Å². The van der Waals surface area contributed by atoms with Gasteiger partial charge in [0.05, 0.1) is 18.8 Å². The lowest BCUT2D eigenvalue weighted by Gasteiger charge is -2.38. The summed E-state index contributed by atoms with van der Waals surface area (Å²) in [7, 11) is 0. The Hall–Kier alpha value is -0.160. The van der Waals surface area contributed by atoms with E-state index in [4.69, 9.17) is 9.84 Å². The molecule has 0 bridgehead atoms. The first kappa shape index (κ1) is 10.9. The molecule has 0 saturated carbocycles. The summed E-state index contributed by atoms with van der Waals surface area (Å²) in [6.45, 7) is 3.73. The molecule has 0 aromatic heterocycles. The van der Waals surface area contributed by atoms with Gasteiger partial charge in [-0.2, -0.15) is 0 Å². The van der Waals surface area contributed by atoms with E-state index in [1.807, 2.05) is 13.8 Å². The highest BCUT2D eigenvalue weighted by molar-refractivity contribution is 4.85. The van der Waals surface area contributed by atoms with Gasteiger partial charge in [0.25, 0.3) is 0 Å². The molecule has 0 amide bonds. The van der Waals surface area contributed by atoms with Crippen molar-refractivity contribution in [1.29, 1.82) is 0 Å². The van der Waals surface area contributed by atoms with E-state index < -0.39 is 18.3 Å². The van der Waals surface area contributed by atoms with Gasteiger partial charge in [0.1, 0.15) is 12.2 Å². The van der Waals surface area contributed by atoms with Gasteiger partial charge in [-0.25, -0.2) is 0 Å². The molecule has 3 N–H and O–H groups in total. The maximum absolute atomic E-state index is 9.46. The van der Waals surface area contributed by atoms with Crippen LogP contribution in [0, 0.1) is 5.92 Å². The van der Waals surface area contributed by atoms with Crippen molar-refractivity contribution >= 4 is 0 Å². The summed E-state index contributed by atoms with van der Waals surface area (Å²) in [4.78, 5) is 0. The topological polar surface area (TPSA) is 69.9 Å². The van der Waals surface area contributed by atoms with Crippen LogP contribution in [-0.2, 0) is 4.74 Å². The van der Waals surface area contributed by atoms with Crippen molar-refractivity contribution < 1.29 is 20.1 Å². The molecule has 1 saturated heterocycles. The quantitative estimate of drug-likeness (QED) is 0.550. The zero-order chi connectivity index (χ0) is 10.0. The molecule has 4 heteroatoms. The molecule has 0 spiro atoms. The van der Waals surface area contributed by atoms with Crippen molar-refractivity contribution in [3.8, 4) is 0 Å². The van der Waals surface area contributed by atoms with Crippen LogP contribution in [0.2, 0.25) is 0 Å². The van der Waals surface area contributed by atoms with E-state index in [2.05, 4.69) is 0 Å². The van der Waals surface area contributed by atoms with Crippen LogP contribution in [-0.4, -0.2) is 46.3 Å². The molecule has 0 aromatic carbocycles. The van der Waals surface area contributed by atoms with Gasteiger partial charge in [-0.15, -0.1) is 0 Å². The third-order valence-corrected chi connectivity index (χ3v) is 2.52. The fourth-order valence-electron chi connectivity index (χ4n) is 1.57. The van der Waals surface area contributed by atoms with Crippen molar-refractivity contribution in [3.63, 3.8) is 0 Å². The third-order valence-electron chi connectivity index (χ3n) is 2.52. The van der Waals surface area contributed by atoms with E-state index in [0.717, 1.165) is 0 Å². The Morgan fingerprint density at radius 1 is 1.38 bits per heavy atom. The largest absolute Gasteiger partial charge is 0.394 e. The summed E-state index contributed by atoms with van der Waals surface area (Å²) >= 11 is 0. The number of rotatable bonds is 2. The molecule has 4 nitrogen and oxygen atoms in total. The highest BCUT2D eigenvalue weighted by Crippen LogP contribution is 2.24. The highest BCUT2D eigenvalue weighted by Gasteiger charge is 2.37. The van der Waals surface area contributed by atoms with Crippen LogP contribution in [0.25, 0.3) is 0 Å². The molecule has 1 aliphatic rings. The minimum absolute atomic E-state index is 0.0736. The Morgan fingerprint density at radius 3 is 2.46 bits per heavy atom. The van der Waals surface area contributed by atoms with Crippen molar-refractivity contribution in [2.45, 2.75) is 44.7 Å². The van der Waals surface area contributed by atoms with E-state index >= 15 is 0 Å². The van der Waals surface area contributed by atoms with E-state index in [1.165, 1.54) is 0 Å². The zero-order valence-corrected chi connectivity index (χ0v) is 8.05. The van der Waals surface area contributed by atoms with Gasteiger partial charge in [0.15, 0.2) is 0 Å². The molecule has 0 aliphatic carbocycles. The van der Waals surface area contributed by atoms with Gasteiger partial charge in [-0.3, -0.25) is 0 Å². The fourth-order valence-corrected chi connectivity index (χ4v) is 1.57. The van der Waals surface area contributed by atoms with Gasteiger partial charge in [-0.1, -0.05) is 13.8 Å². The summed E-state index contributed by atoms with van der Waals surface area (Å²) in [6.07, 6.45) is -2.01. The molecule has 0 radical (unpaired) electrons. The van der Waals surface area contributed by atoms with Crippen molar-refractivity contribution in [3.05, 3.63) is 0 Å². The van der Waals surface area contributed by atoms with Crippen LogP contribution in [0.1, 0.15) is 20.3 Å². The normalized spacial score (nSPS) is 41.1. The van der Waals surface area contributed by atoms with Gasteiger partial charge in [0, 0.05) is 6.42 Å². The summed E-state index contributed by atoms with van der Waals surface area (Å²) in [5.41, 5.74) is 0. The molecular formula is C9H18O4. The second kappa shape index (κ2) is 4.37. The minimum atomic E-state index is -0.958. The van der Waals surface area contributed by atoms with Crippen LogP contribution < -0.4 is 0 Å². The van der Waals surface area contributed by atoms with Crippen LogP contribution in [0.5, 0.6) is 0 Å². The first-order chi connectivity index (χ1) is 6.06. The number of aliphatic hydroxyl groups is 3. The summed E-state index contributed by atoms with van der Waals surface area (Å²) in [5.74, 6) is 0.288. The molecule has 1 fully saturated rings. The summed E-state index contributed by atoms with van der Waals surface area (Å²) in [5, 5.41) is 27.7. The summed E-state index contributed by atoms with van der Waals surface area (Å²) < 4.78 is 5.42. The number of hydrogen-bond donors (Lipinski definition) is 3. The molecule has 0 aromatic rings. The maximum Gasteiger partial charge on any atom is 0.109 e. The first-order valence-electron chi connectivity index (χ1n) is 4.68. The van der Waals surface area contributed by atoms with E-state index in [-0.39, 0.29) is 18.6 Å². The third kappa shape index (κ3) is 2.40. The lowest BCUT2D eigenvalue weighted by atomic mass is 9.92. The Morgan fingerprint density at radius 2 is 2.00 bits per heavy atom. The molecule has 4 atom stereocenters. The lowest BCUT2D eigenvalue weighted by Crippen LogP contribution is -2.51. The lowest BCUT2D eigenvalue weighted by molar-refractivity contribution is -0.189. The average Bonchev–Trinajstić information content (AvgIpc) is 2.09. The van der Waals surface area contributed by atoms with Crippen LogP contribution >= 0.6 is 0 Å². The smallest absolute Gasteiger partial charge is 0.109 e. The highest BCUT2D eigenvalue weighted by atomic mass is 16.5. The van der Waals surface area contributed by atoms with Gasteiger partial charge < -0.3 is 20.1 Å². The molecule has 13 heavy (non-hydrogen) atoms. The Kier molecular flexibility index (Phi) is 3.67. The fraction of sp³-hybridized carbons (Fsp3) is 1.00. The average molecular weight is 190 g/mol. The van der Waals surface area contributed by atoms with Gasteiger partial charge in [-0.05, 0) is 5.92 Å². The molecular weight excluding hydrogens is 172 g/mol. The number of hydrogen-bond acceptors (Lipinski definition) is 4. The molecule has 78 valence electrons. The SMILES string of the molecule is CC(C)C1CC(O)[C@H](O)C(CO)O1. The predicted octanol–water partition coefficient (Wildman–Crippen LogP) is -0.486. The Balaban J connectivity index is 2.58. The first-order valence-corrected chi connectivity index (χ1v) is 4.68.